The highest BCUT2D eigenvalue weighted by molar-refractivity contribution is 6.05. The molecule has 5 nitrogen and oxygen atoms in total. The van der Waals surface area contributed by atoms with Gasteiger partial charge in [-0.05, 0) is 25.5 Å². The molecule has 0 fully saturated rings. The maximum atomic E-state index is 12.1. The highest BCUT2D eigenvalue weighted by atomic mass is 16.3. The van der Waals surface area contributed by atoms with Crippen LogP contribution in [-0.4, -0.2) is 32.3 Å². The number of Topliss-reactive ketones (excluding diaryl/α,β-unsaturated/α-hetero) is 1. The Morgan fingerprint density at radius 2 is 2.00 bits per heavy atom. The van der Waals surface area contributed by atoms with Crippen LogP contribution in [-0.2, 0) is 0 Å². The Labute approximate surface area is 134 Å². The van der Waals surface area contributed by atoms with Gasteiger partial charge in [0.1, 0.15) is 6.61 Å². The van der Waals surface area contributed by atoms with Gasteiger partial charge in [-0.15, -0.1) is 0 Å². The normalized spacial score (nSPS) is 11.1. The van der Waals surface area contributed by atoms with Crippen molar-refractivity contribution < 1.29 is 9.90 Å². The molecule has 0 bridgehead atoms. The number of nitrogens with zero attached hydrogens (tertiary/aromatic N) is 2. The molecule has 0 aliphatic carbocycles. The average Bonchev–Trinajstić information content (AvgIpc) is 3.21. The molecule has 1 aromatic carbocycles. The molecule has 0 aliphatic rings. The molecular formula is C18H19N3O2. The summed E-state index contributed by atoms with van der Waals surface area (Å²) in [5, 5.41) is 13.8. The summed E-state index contributed by atoms with van der Waals surface area (Å²) in [5.41, 5.74) is 3.75. The first kappa shape index (κ1) is 15.2. The molecule has 118 valence electrons. The molecule has 0 aliphatic heterocycles. The molecule has 0 spiro atoms. The van der Waals surface area contributed by atoms with Gasteiger partial charge in [0.2, 0.25) is 5.78 Å². The van der Waals surface area contributed by atoms with Crippen molar-refractivity contribution in [1.29, 1.82) is 0 Å². The molecule has 2 N–H and O–H groups in total. The molecule has 2 heterocycles. The molecule has 0 atom stereocenters. The largest absolute Gasteiger partial charge is 0.388 e. The van der Waals surface area contributed by atoms with E-state index < -0.39 is 6.61 Å². The number of carbonyl (C=O) groups excluding carboxylic acids is 1. The number of carbonyl (C=O) groups is 1. The lowest BCUT2D eigenvalue weighted by Gasteiger charge is -2.06. The standard InChI is InChI=1S/C18H19N3O2/c1-12(2)21-9-8-15(20-21)14-10-19-18(16(23)11-22)17(14)13-6-4-3-5-7-13/h3-10,12,19,22H,11H2,1-2H3. The first-order chi connectivity index (χ1) is 11.1. The third-order valence-electron chi connectivity index (χ3n) is 3.78. The van der Waals surface area contributed by atoms with E-state index in [4.69, 9.17) is 0 Å². The maximum absolute atomic E-state index is 12.1. The van der Waals surface area contributed by atoms with Crippen molar-refractivity contribution >= 4 is 5.78 Å². The van der Waals surface area contributed by atoms with E-state index >= 15 is 0 Å². The van der Waals surface area contributed by atoms with Crippen molar-refractivity contribution in [3.8, 4) is 22.4 Å². The first-order valence-corrected chi connectivity index (χ1v) is 7.58. The van der Waals surface area contributed by atoms with Gasteiger partial charge in [-0.1, -0.05) is 30.3 Å². The summed E-state index contributed by atoms with van der Waals surface area (Å²) >= 11 is 0. The van der Waals surface area contributed by atoms with E-state index in [1.54, 1.807) is 6.20 Å². The Kier molecular flexibility index (Phi) is 4.12. The second kappa shape index (κ2) is 6.22. The van der Waals surface area contributed by atoms with Gasteiger partial charge in [0.05, 0.1) is 11.4 Å². The third-order valence-corrected chi connectivity index (χ3v) is 3.78. The van der Waals surface area contributed by atoms with Crippen molar-refractivity contribution in [3.63, 3.8) is 0 Å². The minimum absolute atomic E-state index is 0.265. The maximum Gasteiger partial charge on any atom is 0.204 e. The number of H-pyrrole nitrogens is 1. The van der Waals surface area contributed by atoms with Crippen molar-refractivity contribution in [3.05, 3.63) is 54.5 Å². The van der Waals surface area contributed by atoms with Crippen LogP contribution in [0.15, 0.2) is 48.8 Å². The van der Waals surface area contributed by atoms with E-state index in [-0.39, 0.29) is 11.8 Å². The SMILES string of the molecule is CC(C)n1ccc(-c2c[nH]c(C(=O)CO)c2-c2ccccc2)n1. The van der Waals surface area contributed by atoms with Gasteiger partial charge < -0.3 is 10.1 Å². The number of aromatic nitrogens is 3. The Hall–Kier alpha value is -2.66. The zero-order chi connectivity index (χ0) is 16.4. The minimum atomic E-state index is -0.528. The Morgan fingerprint density at radius 3 is 2.61 bits per heavy atom. The molecular weight excluding hydrogens is 290 g/mol. The number of aliphatic hydroxyl groups excluding tert-OH is 1. The van der Waals surface area contributed by atoms with E-state index in [1.807, 2.05) is 47.3 Å². The van der Waals surface area contributed by atoms with Crippen LogP contribution in [0.5, 0.6) is 0 Å². The number of rotatable bonds is 5. The highest BCUT2D eigenvalue weighted by Crippen LogP contribution is 2.34. The van der Waals surface area contributed by atoms with Gasteiger partial charge in [0, 0.05) is 29.6 Å². The summed E-state index contributed by atoms with van der Waals surface area (Å²) in [5.74, 6) is -0.335. The number of aromatic amines is 1. The average molecular weight is 309 g/mol. The fourth-order valence-corrected chi connectivity index (χ4v) is 2.60. The number of ketones is 1. The van der Waals surface area contributed by atoms with Gasteiger partial charge in [0.15, 0.2) is 0 Å². The van der Waals surface area contributed by atoms with E-state index in [9.17, 15) is 9.90 Å². The fourth-order valence-electron chi connectivity index (χ4n) is 2.60. The van der Waals surface area contributed by atoms with Crippen LogP contribution in [0.3, 0.4) is 0 Å². The predicted molar refractivity (Wildman–Crippen MR) is 89.3 cm³/mol. The molecule has 0 amide bonds. The van der Waals surface area contributed by atoms with Crippen molar-refractivity contribution in [2.45, 2.75) is 19.9 Å². The molecule has 0 unspecified atom stereocenters. The van der Waals surface area contributed by atoms with E-state index in [0.29, 0.717) is 5.69 Å². The fraction of sp³-hybridized carbons (Fsp3) is 0.222. The lowest BCUT2D eigenvalue weighted by atomic mass is 9.98. The summed E-state index contributed by atoms with van der Waals surface area (Å²) < 4.78 is 1.88. The van der Waals surface area contributed by atoms with Gasteiger partial charge >= 0.3 is 0 Å². The van der Waals surface area contributed by atoms with Gasteiger partial charge in [-0.3, -0.25) is 9.48 Å². The quantitative estimate of drug-likeness (QED) is 0.710. The van der Waals surface area contributed by atoms with Crippen LogP contribution in [0.2, 0.25) is 0 Å². The summed E-state index contributed by atoms with van der Waals surface area (Å²) in [6.07, 6.45) is 3.70. The van der Waals surface area contributed by atoms with Crippen molar-refractivity contribution in [2.24, 2.45) is 0 Å². The van der Waals surface area contributed by atoms with Crippen LogP contribution < -0.4 is 0 Å². The van der Waals surface area contributed by atoms with Crippen LogP contribution in [0.25, 0.3) is 22.4 Å². The summed E-state index contributed by atoms with van der Waals surface area (Å²) in [6, 6.07) is 11.9. The Bertz CT molecular complexity index is 816. The molecule has 0 saturated heterocycles. The molecule has 0 saturated carbocycles. The molecule has 0 radical (unpaired) electrons. The van der Waals surface area contributed by atoms with Crippen molar-refractivity contribution in [1.82, 2.24) is 14.8 Å². The highest BCUT2D eigenvalue weighted by Gasteiger charge is 2.20. The number of hydrogen-bond donors (Lipinski definition) is 2. The second-order valence-corrected chi connectivity index (χ2v) is 5.67. The summed E-state index contributed by atoms with van der Waals surface area (Å²) in [6.45, 7) is 3.60. The van der Waals surface area contributed by atoms with Crippen LogP contribution in [0.4, 0.5) is 0 Å². The lowest BCUT2D eigenvalue weighted by Crippen LogP contribution is -2.06. The van der Waals surface area contributed by atoms with Crippen LogP contribution in [0.1, 0.15) is 30.4 Å². The Morgan fingerprint density at radius 1 is 1.26 bits per heavy atom. The molecule has 23 heavy (non-hydrogen) atoms. The lowest BCUT2D eigenvalue weighted by molar-refractivity contribution is 0.0900. The van der Waals surface area contributed by atoms with Crippen LogP contribution in [0, 0.1) is 0 Å². The van der Waals surface area contributed by atoms with Gasteiger partial charge in [-0.25, -0.2) is 0 Å². The zero-order valence-electron chi connectivity index (χ0n) is 13.2. The van der Waals surface area contributed by atoms with Gasteiger partial charge in [-0.2, -0.15) is 5.10 Å². The van der Waals surface area contributed by atoms with Gasteiger partial charge in [0.25, 0.3) is 0 Å². The topological polar surface area (TPSA) is 70.9 Å². The second-order valence-electron chi connectivity index (χ2n) is 5.67. The number of nitrogens with one attached hydrogen (secondary N) is 1. The summed E-state index contributed by atoms with van der Waals surface area (Å²) in [4.78, 5) is 15.1. The van der Waals surface area contributed by atoms with E-state index in [1.165, 1.54) is 0 Å². The number of hydrogen-bond acceptors (Lipinski definition) is 3. The number of benzene rings is 1. The smallest absolute Gasteiger partial charge is 0.204 e. The predicted octanol–water partition coefficient (Wildman–Crippen LogP) is 3.30. The molecule has 3 rings (SSSR count). The third kappa shape index (κ3) is 2.83. The van der Waals surface area contributed by atoms with Crippen LogP contribution >= 0.6 is 0 Å². The minimum Gasteiger partial charge on any atom is -0.388 e. The molecule has 2 aromatic heterocycles. The number of aliphatic hydroxyl groups is 1. The monoisotopic (exact) mass is 309 g/mol. The van der Waals surface area contributed by atoms with Crippen molar-refractivity contribution in [2.75, 3.05) is 6.61 Å². The Balaban J connectivity index is 2.17. The first-order valence-electron chi connectivity index (χ1n) is 7.58. The molecule has 5 heteroatoms. The molecule has 3 aromatic rings. The van der Waals surface area contributed by atoms with E-state index in [2.05, 4.69) is 23.9 Å². The zero-order valence-corrected chi connectivity index (χ0v) is 13.2. The van der Waals surface area contributed by atoms with E-state index in [0.717, 1.165) is 22.4 Å². The summed E-state index contributed by atoms with van der Waals surface area (Å²) in [7, 11) is 0.